The van der Waals surface area contributed by atoms with Crippen molar-refractivity contribution in [2.24, 2.45) is 0 Å². The van der Waals surface area contributed by atoms with Gasteiger partial charge in [0.15, 0.2) is 5.69 Å². The van der Waals surface area contributed by atoms with Crippen molar-refractivity contribution in [3.05, 3.63) is 100 Å². The van der Waals surface area contributed by atoms with E-state index < -0.39 is 0 Å². The summed E-state index contributed by atoms with van der Waals surface area (Å²) in [6, 6.07) is 14.3. The average molecular weight is 443 g/mol. The summed E-state index contributed by atoms with van der Waals surface area (Å²) in [7, 11) is 0. The second-order valence-electron chi connectivity index (χ2n) is 7.07. The van der Waals surface area contributed by atoms with Crippen LogP contribution in [0.15, 0.2) is 78.2 Å². The van der Waals surface area contributed by atoms with Crippen molar-refractivity contribution >= 4 is 17.3 Å². The van der Waals surface area contributed by atoms with E-state index >= 15 is 0 Å². The Labute approximate surface area is 190 Å². The van der Waals surface area contributed by atoms with Crippen LogP contribution in [0, 0.1) is 6.57 Å². The molecule has 2 aromatic carbocycles. The Hall–Kier alpha value is -3.95. The third-order valence-corrected chi connectivity index (χ3v) is 5.05. The van der Waals surface area contributed by atoms with Gasteiger partial charge in [-0.05, 0) is 47.4 Å². The summed E-state index contributed by atoms with van der Waals surface area (Å²) < 4.78 is 7.24. The fourth-order valence-electron chi connectivity index (χ4n) is 3.38. The zero-order valence-corrected chi connectivity index (χ0v) is 18.1. The number of pyridine rings is 1. The van der Waals surface area contributed by atoms with Crippen LogP contribution in [0.3, 0.4) is 0 Å². The lowest BCUT2D eigenvalue weighted by molar-refractivity contribution is 0.317. The number of halogens is 1. The van der Waals surface area contributed by atoms with E-state index in [9.17, 15) is 4.79 Å². The molecule has 0 N–H and O–H groups in total. The topological polar surface area (TPSA) is 61.4 Å². The van der Waals surface area contributed by atoms with Crippen LogP contribution in [0.5, 0.6) is 5.75 Å². The first-order valence-corrected chi connectivity index (χ1v) is 10.4. The number of benzene rings is 2. The molecule has 0 amide bonds. The van der Waals surface area contributed by atoms with Crippen molar-refractivity contribution in [3.8, 4) is 33.7 Å². The zero-order chi connectivity index (χ0) is 22.5. The zero-order valence-electron chi connectivity index (χ0n) is 17.3. The monoisotopic (exact) mass is 442 g/mol. The highest BCUT2D eigenvalue weighted by Crippen LogP contribution is 2.33. The van der Waals surface area contributed by atoms with E-state index in [2.05, 4.69) is 14.8 Å². The summed E-state index contributed by atoms with van der Waals surface area (Å²) in [6.45, 7) is 10.1. The highest BCUT2D eigenvalue weighted by Gasteiger charge is 2.15. The molecule has 0 aliphatic heterocycles. The van der Waals surface area contributed by atoms with Crippen LogP contribution in [-0.2, 0) is 0 Å². The first kappa shape index (κ1) is 21.3. The van der Waals surface area contributed by atoms with Crippen molar-refractivity contribution < 1.29 is 4.74 Å². The fraction of sp³-hybridized carbons (Fsp3) is 0.120. The number of aromatic nitrogens is 3. The van der Waals surface area contributed by atoms with Gasteiger partial charge in [0.05, 0.1) is 31.3 Å². The summed E-state index contributed by atoms with van der Waals surface area (Å²) in [4.78, 5) is 25.2. The van der Waals surface area contributed by atoms with Gasteiger partial charge in [0, 0.05) is 16.8 Å². The minimum atomic E-state index is -0.257. The summed E-state index contributed by atoms with van der Waals surface area (Å²) in [5.74, 6) is 0.593. The standard InChI is InChI=1S/C25H19ClN4O2/c1-3-8-32-21-10-17(9-19(26)12-21)23-11-18(22-6-4-5-7-24(22)27-2)15-30(25(23)31)20-13-28-16-29-14-20/h4-7,9-16H,3,8H2,1H3. The number of hydrogen-bond donors (Lipinski definition) is 0. The molecule has 0 fully saturated rings. The Balaban J connectivity index is 1.98. The number of para-hydroxylation sites is 1. The van der Waals surface area contributed by atoms with Crippen LogP contribution in [0.25, 0.3) is 32.8 Å². The maximum atomic E-state index is 13.5. The molecule has 6 nitrogen and oxygen atoms in total. The van der Waals surface area contributed by atoms with Crippen LogP contribution in [0.1, 0.15) is 13.3 Å². The molecule has 0 aliphatic carbocycles. The molecule has 0 spiro atoms. The van der Waals surface area contributed by atoms with Gasteiger partial charge >= 0.3 is 0 Å². The molecule has 0 bridgehead atoms. The molecule has 0 saturated heterocycles. The highest BCUT2D eigenvalue weighted by atomic mass is 35.5. The van der Waals surface area contributed by atoms with E-state index in [0.29, 0.717) is 45.4 Å². The summed E-state index contributed by atoms with van der Waals surface area (Å²) in [6.07, 6.45) is 7.09. The Morgan fingerprint density at radius 3 is 2.59 bits per heavy atom. The van der Waals surface area contributed by atoms with Crippen molar-refractivity contribution in [1.29, 1.82) is 0 Å². The number of nitrogens with zero attached hydrogens (tertiary/aromatic N) is 4. The molecule has 0 aliphatic rings. The smallest absolute Gasteiger partial charge is 0.263 e. The van der Waals surface area contributed by atoms with Gasteiger partial charge in [-0.1, -0.05) is 42.8 Å². The van der Waals surface area contributed by atoms with Crippen LogP contribution in [0.2, 0.25) is 5.02 Å². The molecule has 7 heteroatoms. The van der Waals surface area contributed by atoms with Gasteiger partial charge in [0.25, 0.3) is 5.56 Å². The van der Waals surface area contributed by atoms with Crippen LogP contribution in [0.4, 0.5) is 5.69 Å². The lowest BCUT2D eigenvalue weighted by Gasteiger charge is -2.14. The predicted molar refractivity (Wildman–Crippen MR) is 126 cm³/mol. The van der Waals surface area contributed by atoms with Crippen molar-refractivity contribution in [2.75, 3.05) is 6.61 Å². The minimum absolute atomic E-state index is 0.257. The van der Waals surface area contributed by atoms with E-state index in [4.69, 9.17) is 22.9 Å². The van der Waals surface area contributed by atoms with Gasteiger partial charge in [0.1, 0.15) is 12.1 Å². The van der Waals surface area contributed by atoms with Gasteiger partial charge < -0.3 is 4.74 Å². The molecular formula is C25H19ClN4O2. The second kappa shape index (κ2) is 9.46. The molecule has 2 aromatic heterocycles. The van der Waals surface area contributed by atoms with Crippen molar-refractivity contribution in [1.82, 2.24) is 14.5 Å². The third-order valence-electron chi connectivity index (χ3n) is 4.83. The van der Waals surface area contributed by atoms with Gasteiger partial charge in [-0.3, -0.25) is 9.36 Å². The number of ether oxygens (including phenoxy) is 1. The molecule has 0 unspecified atom stereocenters. The minimum Gasteiger partial charge on any atom is -0.494 e. The van der Waals surface area contributed by atoms with Crippen molar-refractivity contribution in [2.45, 2.75) is 13.3 Å². The first-order valence-electron chi connectivity index (χ1n) is 10.0. The van der Waals surface area contributed by atoms with Gasteiger partial charge in [-0.15, -0.1) is 0 Å². The van der Waals surface area contributed by atoms with E-state index in [-0.39, 0.29) is 5.56 Å². The summed E-state index contributed by atoms with van der Waals surface area (Å²) >= 11 is 6.34. The second-order valence-corrected chi connectivity index (χ2v) is 7.50. The Bertz CT molecular complexity index is 1360. The number of hydrogen-bond acceptors (Lipinski definition) is 4. The SMILES string of the molecule is [C-]#[N+]c1ccccc1-c1cc(-c2cc(Cl)cc(OCCC)c2)c(=O)n(-c2cncnc2)c1. The van der Waals surface area contributed by atoms with Gasteiger partial charge in [-0.2, -0.15) is 0 Å². The Kier molecular flexibility index (Phi) is 6.29. The largest absolute Gasteiger partial charge is 0.494 e. The van der Waals surface area contributed by atoms with Crippen LogP contribution >= 0.6 is 11.6 Å². The maximum absolute atomic E-state index is 13.5. The third kappa shape index (κ3) is 4.39. The van der Waals surface area contributed by atoms with E-state index in [0.717, 1.165) is 12.0 Å². The quantitative estimate of drug-likeness (QED) is 0.346. The molecule has 0 saturated carbocycles. The van der Waals surface area contributed by atoms with Gasteiger partial charge in [0.2, 0.25) is 0 Å². The van der Waals surface area contributed by atoms with E-state index in [1.54, 1.807) is 48.9 Å². The molecule has 4 aromatic rings. The Morgan fingerprint density at radius 2 is 1.84 bits per heavy atom. The maximum Gasteiger partial charge on any atom is 0.263 e. The van der Waals surface area contributed by atoms with E-state index in [1.807, 2.05) is 25.1 Å². The summed E-state index contributed by atoms with van der Waals surface area (Å²) in [5, 5.41) is 0.467. The summed E-state index contributed by atoms with van der Waals surface area (Å²) in [5.41, 5.74) is 3.24. The lowest BCUT2D eigenvalue weighted by atomic mass is 10.00. The van der Waals surface area contributed by atoms with Crippen LogP contribution in [-0.4, -0.2) is 21.1 Å². The molecular weight excluding hydrogens is 424 g/mol. The molecule has 0 radical (unpaired) electrons. The van der Waals surface area contributed by atoms with E-state index in [1.165, 1.54) is 10.9 Å². The molecule has 158 valence electrons. The normalized spacial score (nSPS) is 10.5. The van der Waals surface area contributed by atoms with Crippen LogP contribution < -0.4 is 10.3 Å². The van der Waals surface area contributed by atoms with Crippen molar-refractivity contribution in [3.63, 3.8) is 0 Å². The fourth-order valence-corrected chi connectivity index (χ4v) is 3.61. The molecule has 4 rings (SSSR count). The first-order chi connectivity index (χ1) is 15.6. The number of rotatable bonds is 6. The molecule has 2 heterocycles. The average Bonchev–Trinajstić information content (AvgIpc) is 2.83. The lowest BCUT2D eigenvalue weighted by Crippen LogP contribution is -2.20. The Morgan fingerprint density at radius 1 is 1.06 bits per heavy atom. The highest BCUT2D eigenvalue weighted by molar-refractivity contribution is 6.31. The molecule has 32 heavy (non-hydrogen) atoms. The predicted octanol–water partition coefficient (Wildman–Crippen LogP) is 5.95. The molecule has 0 atom stereocenters. The van der Waals surface area contributed by atoms with Gasteiger partial charge in [-0.25, -0.2) is 14.8 Å².